The van der Waals surface area contributed by atoms with Crippen LogP contribution >= 0.6 is 11.3 Å². The van der Waals surface area contributed by atoms with Crippen LogP contribution in [-0.2, 0) is 16.6 Å². The lowest BCUT2D eigenvalue weighted by molar-refractivity contribution is -0.127. The fourth-order valence-corrected chi connectivity index (χ4v) is 3.67. The van der Waals surface area contributed by atoms with E-state index in [1.54, 1.807) is 27.6 Å². The molecule has 2 N–H and O–H groups in total. The summed E-state index contributed by atoms with van der Waals surface area (Å²) in [4.78, 5) is 31.3. The molecule has 0 unspecified atom stereocenters. The Kier molecular flexibility index (Phi) is 6.07. The highest BCUT2D eigenvalue weighted by Gasteiger charge is 2.43. The summed E-state index contributed by atoms with van der Waals surface area (Å²) < 4.78 is 6.69. The number of nitrogens with one attached hydrogen (secondary N) is 2. The Balaban J connectivity index is 1.71. The van der Waals surface area contributed by atoms with Gasteiger partial charge < -0.3 is 20.3 Å². The molecule has 9 nitrogen and oxygen atoms in total. The van der Waals surface area contributed by atoms with Crippen LogP contribution in [0.15, 0.2) is 23.2 Å². The third-order valence-corrected chi connectivity index (χ3v) is 5.25. The zero-order chi connectivity index (χ0) is 19.3. The Bertz CT molecular complexity index is 767. The number of likely N-dealkylation sites (tertiary alicyclic amines) is 1. The highest BCUT2D eigenvalue weighted by Crippen LogP contribution is 2.28. The van der Waals surface area contributed by atoms with Crippen molar-refractivity contribution in [2.45, 2.75) is 18.4 Å². The van der Waals surface area contributed by atoms with Crippen molar-refractivity contribution in [3.05, 3.63) is 28.8 Å². The summed E-state index contributed by atoms with van der Waals surface area (Å²) >= 11 is 1.39. The molecule has 2 aromatic rings. The molecule has 0 saturated carbocycles. The monoisotopic (exact) mass is 392 g/mol. The lowest BCUT2D eigenvalue weighted by Gasteiger charge is -2.41. The second kappa shape index (κ2) is 8.49. The molecule has 3 heterocycles. The standard InChI is InChI=1S/C17H24N6O3S/c1-22-7-3-14(21-22)20-17(16(25)18-6-10-26-2)4-8-23(9-5-17)15(24)13-11-27-12-19-13/h3,7,11-12H,4-6,8-10H2,1-2H3,(H,18,25)(H,20,21). The van der Waals surface area contributed by atoms with Crippen LogP contribution in [0.25, 0.3) is 0 Å². The van der Waals surface area contributed by atoms with E-state index in [2.05, 4.69) is 20.7 Å². The normalized spacial score (nSPS) is 16.1. The van der Waals surface area contributed by atoms with E-state index in [1.165, 1.54) is 11.3 Å². The molecule has 2 aromatic heterocycles. The number of aromatic nitrogens is 3. The molecule has 0 bridgehead atoms. The number of carbonyl (C=O) groups is 2. The maximum atomic E-state index is 12.9. The SMILES string of the molecule is COCCNC(=O)C1(Nc2ccn(C)n2)CCN(C(=O)c2cscn2)CC1. The highest BCUT2D eigenvalue weighted by molar-refractivity contribution is 7.07. The van der Waals surface area contributed by atoms with Crippen LogP contribution < -0.4 is 10.6 Å². The molecule has 1 saturated heterocycles. The van der Waals surface area contributed by atoms with Crippen molar-refractivity contribution >= 4 is 29.0 Å². The topological polar surface area (TPSA) is 101 Å². The molecule has 2 amide bonds. The van der Waals surface area contributed by atoms with Gasteiger partial charge in [0.15, 0.2) is 0 Å². The molecule has 1 fully saturated rings. The molecular formula is C17H24N6O3S. The highest BCUT2D eigenvalue weighted by atomic mass is 32.1. The van der Waals surface area contributed by atoms with Crippen LogP contribution in [0, 0.1) is 0 Å². The van der Waals surface area contributed by atoms with Gasteiger partial charge in [0.1, 0.15) is 17.1 Å². The van der Waals surface area contributed by atoms with Gasteiger partial charge in [-0.15, -0.1) is 11.3 Å². The Hall–Kier alpha value is -2.46. The first kappa shape index (κ1) is 19.3. The Morgan fingerprint density at radius 1 is 1.37 bits per heavy atom. The quantitative estimate of drug-likeness (QED) is 0.674. The van der Waals surface area contributed by atoms with Gasteiger partial charge in [-0.1, -0.05) is 0 Å². The number of amides is 2. The van der Waals surface area contributed by atoms with Crippen LogP contribution in [0.1, 0.15) is 23.3 Å². The first-order valence-corrected chi connectivity index (χ1v) is 9.71. The molecule has 0 spiro atoms. The fraction of sp³-hybridized carbons (Fsp3) is 0.529. The van der Waals surface area contributed by atoms with Crippen LogP contribution in [0.2, 0.25) is 0 Å². The van der Waals surface area contributed by atoms with Gasteiger partial charge >= 0.3 is 0 Å². The number of ether oxygens (including phenoxy) is 1. The summed E-state index contributed by atoms with van der Waals surface area (Å²) in [7, 11) is 3.42. The summed E-state index contributed by atoms with van der Waals surface area (Å²) in [5.74, 6) is 0.437. The largest absolute Gasteiger partial charge is 0.383 e. The average Bonchev–Trinajstić information content (AvgIpc) is 3.34. The van der Waals surface area contributed by atoms with Gasteiger partial charge in [-0.25, -0.2) is 4.98 Å². The molecule has 0 aromatic carbocycles. The zero-order valence-electron chi connectivity index (χ0n) is 15.5. The smallest absolute Gasteiger partial charge is 0.273 e. The van der Waals surface area contributed by atoms with Crippen molar-refractivity contribution in [1.29, 1.82) is 0 Å². The molecular weight excluding hydrogens is 368 g/mol. The number of anilines is 1. The molecule has 10 heteroatoms. The van der Waals surface area contributed by atoms with Crippen LogP contribution in [0.5, 0.6) is 0 Å². The molecule has 0 aliphatic carbocycles. The number of carbonyl (C=O) groups excluding carboxylic acids is 2. The van der Waals surface area contributed by atoms with Gasteiger partial charge in [0.05, 0.1) is 12.1 Å². The Labute approximate surface area is 161 Å². The van der Waals surface area contributed by atoms with E-state index in [1.807, 2.05) is 19.3 Å². The van der Waals surface area contributed by atoms with E-state index < -0.39 is 5.54 Å². The van der Waals surface area contributed by atoms with Crippen molar-refractivity contribution in [3.63, 3.8) is 0 Å². The van der Waals surface area contributed by atoms with E-state index in [-0.39, 0.29) is 11.8 Å². The van der Waals surface area contributed by atoms with Crippen molar-refractivity contribution in [2.24, 2.45) is 7.05 Å². The van der Waals surface area contributed by atoms with Crippen molar-refractivity contribution < 1.29 is 14.3 Å². The fourth-order valence-electron chi connectivity index (χ4n) is 3.14. The summed E-state index contributed by atoms with van der Waals surface area (Å²) in [6.07, 6.45) is 2.79. The lowest BCUT2D eigenvalue weighted by Crippen LogP contribution is -2.59. The number of hydrogen-bond acceptors (Lipinski definition) is 7. The zero-order valence-corrected chi connectivity index (χ0v) is 16.3. The molecule has 0 radical (unpaired) electrons. The summed E-state index contributed by atoms with van der Waals surface area (Å²) in [5, 5.41) is 12.3. The minimum atomic E-state index is -0.819. The van der Waals surface area contributed by atoms with E-state index in [9.17, 15) is 9.59 Å². The third kappa shape index (κ3) is 4.45. The van der Waals surface area contributed by atoms with Gasteiger partial charge in [-0.2, -0.15) is 5.10 Å². The number of thiazole rings is 1. The second-order valence-corrected chi connectivity index (χ2v) is 7.22. The lowest BCUT2D eigenvalue weighted by atomic mass is 9.86. The summed E-state index contributed by atoms with van der Waals surface area (Å²) in [6.45, 7) is 1.81. The number of hydrogen-bond donors (Lipinski definition) is 2. The van der Waals surface area contributed by atoms with Gasteiger partial charge in [-0.05, 0) is 12.8 Å². The first-order chi connectivity index (χ1) is 13.0. The van der Waals surface area contributed by atoms with E-state index in [0.29, 0.717) is 50.6 Å². The molecule has 3 rings (SSSR count). The first-order valence-electron chi connectivity index (χ1n) is 8.76. The van der Waals surface area contributed by atoms with Crippen molar-refractivity contribution in [3.8, 4) is 0 Å². The van der Waals surface area contributed by atoms with Crippen LogP contribution in [0.3, 0.4) is 0 Å². The number of nitrogens with zero attached hydrogens (tertiary/aromatic N) is 4. The molecule has 146 valence electrons. The predicted octanol–water partition coefficient (Wildman–Crippen LogP) is 0.726. The summed E-state index contributed by atoms with van der Waals surface area (Å²) in [6, 6.07) is 1.83. The Morgan fingerprint density at radius 3 is 2.74 bits per heavy atom. The van der Waals surface area contributed by atoms with Crippen LogP contribution in [0.4, 0.5) is 5.82 Å². The van der Waals surface area contributed by atoms with Gasteiger partial charge in [0.2, 0.25) is 5.91 Å². The van der Waals surface area contributed by atoms with Gasteiger partial charge in [0.25, 0.3) is 5.91 Å². The Morgan fingerprint density at radius 2 is 2.15 bits per heavy atom. The second-order valence-electron chi connectivity index (χ2n) is 6.50. The number of aryl methyl sites for hydroxylation is 1. The number of piperidine rings is 1. The van der Waals surface area contributed by atoms with Crippen molar-refractivity contribution in [2.75, 3.05) is 38.7 Å². The van der Waals surface area contributed by atoms with E-state index in [4.69, 9.17) is 4.74 Å². The van der Waals surface area contributed by atoms with Crippen LogP contribution in [-0.4, -0.2) is 70.4 Å². The average molecular weight is 392 g/mol. The van der Waals surface area contributed by atoms with Gasteiger partial charge in [-0.3, -0.25) is 14.3 Å². The van der Waals surface area contributed by atoms with Crippen molar-refractivity contribution in [1.82, 2.24) is 25.0 Å². The molecule has 1 aliphatic heterocycles. The number of methoxy groups -OCH3 is 1. The van der Waals surface area contributed by atoms with E-state index >= 15 is 0 Å². The molecule has 0 atom stereocenters. The minimum Gasteiger partial charge on any atom is -0.383 e. The maximum Gasteiger partial charge on any atom is 0.273 e. The predicted molar refractivity (Wildman–Crippen MR) is 102 cm³/mol. The maximum absolute atomic E-state index is 12.9. The minimum absolute atomic E-state index is 0.0949. The molecule has 1 aliphatic rings. The molecule has 27 heavy (non-hydrogen) atoms. The van der Waals surface area contributed by atoms with Gasteiger partial charge in [0, 0.05) is 51.4 Å². The number of rotatable bonds is 7. The third-order valence-electron chi connectivity index (χ3n) is 4.66. The van der Waals surface area contributed by atoms with E-state index in [0.717, 1.165) is 0 Å². The summed E-state index contributed by atoms with van der Waals surface area (Å²) in [5.41, 5.74) is 1.28.